The van der Waals surface area contributed by atoms with Gasteiger partial charge in [-0.15, -0.1) is 0 Å². The van der Waals surface area contributed by atoms with Crippen molar-refractivity contribution in [2.75, 3.05) is 6.61 Å². The van der Waals surface area contributed by atoms with Gasteiger partial charge in [-0.05, 0) is 68.7 Å². The molecule has 34 heavy (non-hydrogen) atoms. The van der Waals surface area contributed by atoms with E-state index in [1.807, 2.05) is 72.4 Å². The van der Waals surface area contributed by atoms with Crippen molar-refractivity contribution in [3.8, 4) is 22.7 Å². The highest BCUT2D eigenvalue weighted by atomic mass is 32.2. The highest BCUT2D eigenvalue weighted by Crippen LogP contribution is 2.37. The molecule has 1 aromatic heterocycles. The Kier molecular flexibility index (Phi) is 7.54. The van der Waals surface area contributed by atoms with Gasteiger partial charge < -0.3 is 4.74 Å². The van der Waals surface area contributed by atoms with Crippen LogP contribution < -0.4 is 4.74 Å². The van der Waals surface area contributed by atoms with E-state index in [4.69, 9.17) is 22.1 Å². The van der Waals surface area contributed by atoms with Gasteiger partial charge in [-0.1, -0.05) is 56.0 Å². The number of thioether (sulfide) groups is 1. The van der Waals surface area contributed by atoms with E-state index in [0.29, 0.717) is 15.8 Å². The van der Waals surface area contributed by atoms with Crippen LogP contribution in [0.4, 0.5) is 0 Å². The molecule has 0 N–H and O–H groups in total. The SMILES string of the molecule is CCCOc1ccc(-c2nn(-c3ccccc3)cc2C=C2SC(=S)N(C(C)CC)C2=O)c(C)c1. The fourth-order valence-electron chi connectivity index (χ4n) is 3.81. The quantitative estimate of drug-likeness (QED) is 0.261. The summed E-state index contributed by atoms with van der Waals surface area (Å²) in [5, 5.41) is 4.92. The molecule has 7 heteroatoms. The monoisotopic (exact) mass is 491 g/mol. The van der Waals surface area contributed by atoms with Crippen molar-refractivity contribution in [1.82, 2.24) is 14.7 Å². The zero-order valence-corrected chi connectivity index (χ0v) is 21.6. The molecule has 1 aliphatic heterocycles. The summed E-state index contributed by atoms with van der Waals surface area (Å²) in [6, 6.07) is 16.1. The number of hydrogen-bond donors (Lipinski definition) is 0. The van der Waals surface area contributed by atoms with E-state index in [2.05, 4.69) is 20.8 Å². The Morgan fingerprint density at radius 1 is 1.18 bits per heavy atom. The van der Waals surface area contributed by atoms with Crippen LogP contribution in [0.25, 0.3) is 23.0 Å². The van der Waals surface area contributed by atoms with E-state index in [-0.39, 0.29) is 11.9 Å². The van der Waals surface area contributed by atoms with Crippen LogP contribution in [-0.2, 0) is 4.79 Å². The molecule has 0 spiro atoms. The van der Waals surface area contributed by atoms with Gasteiger partial charge in [-0.25, -0.2) is 4.68 Å². The first-order valence-corrected chi connectivity index (χ1v) is 12.8. The number of aryl methyl sites for hydroxylation is 1. The third-order valence-corrected chi connectivity index (χ3v) is 7.16. The maximum absolute atomic E-state index is 13.2. The molecule has 1 fully saturated rings. The minimum Gasteiger partial charge on any atom is -0.494 e. The lowest BCUT2D eigenvalue weighted by Gasteiger charge is -2.21. The van der Waals surface area contributed by atoms with Crippen LogP contribution in [0.5, 0.6) is 5.75 Å². The van der Waals surface area contributed by atoms with Crippen LogP contribution in [0.2, 0.25) is 0 Å². The van der Waals surface area contributed by atoms with Crippen molar-refractivity contribution < 1.29 is 9.53 Å². The average molecular weight is 492 g/mol. The van der Waals surface area contributed by atoms with Gasteiger partial charge in [-0.3, -0.25) is 9.69 Å². The third kappa shape index (κ3) is 4.95. The number of nitrogens with zero attached hydrogens (tertiary/aromatic N) is 3. The van der Waals surface area contributed by atoms with Gasteiger partial charge in [0.05, 0.1) is 17.2 Å². The minimum absolute atomic E-state index is 0.0391. The molecule has 176 valence electrons. The Morgan fingerprint density at radius 3 is 2.62 bits per heavy atom. The second-order valence-electron chi connectivity index (χ2n) is 8.35. The highest BCUT2D eigenvalue weighted by Gasteiger charge is 2.35. The largest absolute Gasteiger partial charge is 0.494 e. The summed E-state index contributed by atoms with van der Waals surface area (Å²) in [7, 11) is 0. The first-order chi connectivity index (χ1) is 16.4. The molecule has 1 unspecified atom stereocenters. The van der Waals surface area contributed by atoms with Crippen molar-refractivity contribution in [1.29, 1.82) is 0 Å². The standard InChI is InChI=1S/C27H29N3O2S2/c1-5-14-32-22-12-13-23(18(3)15-22)25-20(17-29(28-25)21-10-8-7-9-11-21)16-24-26(31)30(19(4)6-2)27(33)34-24/h7-13,15-17,19H,5-6,14H2,1-4H3. The number of carbonyl (C=O) groups excluding carboxylic acids is 1. The normalized spacial score (nSPS) is 15.9. The van der Waals surface area contributed by atoms with Crippen molar-refractivity contribution in [2.24, 2.45) is 0 Å². The number of aromatic nitrogens is 2. The second kappa shape index (κ2) is 10.6. The van der Waals surface area contributed by atoms with Crippen molar-refractivity contribution >= 4 is 40.3 Å². The van der Waals surface area contributed by atoms with Crippen LogP contribution in [0.3, 0.4) is 0 Å². The molecule has 2 aromatic carbocycles. The first kappa shape index (κ1) is 24.2. The third-order valence-electron chi connectivity index (χ3n) is 5.83. The number of amides is 1. The van der Waals surface area contributed by atoms with E-state index in [1.165, 1.54) is 11.8 Å². The molecule has 1 saturated heterocycles. The van der Waals surface area contributed by atoms with Gasteiger partial charge in [0, 0.05) is 23.4 Å². The number of para-hydroxylation sites is 1. The smallest absolute Gasteiger partial charge is 0.266 e. The molecular formula is C27H29N3O2S2. The Balaban J connectivity index is 1.78. The van der Waals surface area contributed by atoms with E-state index in [0.717, 1.165) is 46.7 Å². The summed E-state index contributed by atoms with van der Waals surface area (Å²) in [5.74, 6) is 0.810. The molecule has 0 aliphatic carbocycles. The van der Waals surface area contributed by atoms with Crippen LogP contribution in [0, 0.1) is 6.92 Å². The average Bonchev–Trinajstić information content (AvgIpc) is 3.38. The van der Waals surface area contributed by atoms with Gasteiger partial charge in [0.2, 0.25) is 0 Å². The lowest BCUT2D eigenvalue weighted by molar-refractivity contribution is -0.123. The first-order valence-electron chi connectivity index (χ1n) is 11.6. The number of rotatable bonds is 8. The molecule has 1 atom stereocenters. The molecule has 2 heterocycles. The van der Waals surface area contributed by atoms with Crippen LogP contribution in [-0.4, -0.2) is 37.6 Å². The van der Waals surface area contributed by atoms with Crippen LogP contribution in [0.1, 0.15) is 44.7 Å². The zero-order chi connectivity index (χ0) is 24.2. The summed E-state index contributed by atoms with van der Waals surface area (Å²) in [4.78, 5) is 15.5. The molecule has 1 amide bonds. The predicted molar refractivity (Wildman–Crippen MR) is 144 cm³/mol. The number of benzene rings is 2. The molecule has 0 saturated carbocycles. The Morgan fingerprint density at radius 2 is 1.94 bits per heavy atom. The van der Waals surface area contributed by atoms with E-state index in [9.17, 15) is 4.79 Å². The highest BCUT2D eigenvalue weighted by molar-refractivity contribution is 8.26. The topological polar surface area (TPSA) is 47.4 Å². The van der Waals surface area contributed by atoms with Crippen molar-refractivity contribution in [3.05, 3.63) is 70.8 Å². The maximum atomic E-state index is 13.2. The van der Waals surface area contributed by atoms with Crippen LogP contribution in [0.15, 0.2) is 59.6 Å². The molecular weight excluding hydrogens is 462 g/mol. The van der Waals surface area contributed by atoms with E-state index < -0.39 is 0 Å². The summed E-state index contributed by atoms with van der Waals surface area (Å²) in [6.07, 6.45) is 5.70. The zero-order valence-electron chi connectivity index (χ0n) is 19.9. The predicted octanol–water partition coefficient (Wildman–Crippen LogP) is 6.64. The van der Waals surface area contributed by atoms with E-state index >= 15 is 0 Å². The van der Waals surface area contributed by atoms with Gasteiger partial charge >= 0.3 is 0 Å². The Labute approximate surface area is 210 Å². The summed E-state index contributed by atoms with van der Waals surface area (Å²) in [5.41, 5.74) is 4.71. The number of carbonyl (C=O) groups is 1. The van der Waals surface area contributed by atoms with Crippen molar-refractivity contribution in [2.45, 2.75) is 46.6 Å². The number of ether oxygens (including phenoxy) is 1. The maximum Gasteiger partial charge on any atom is 0.266 e. The molecule has 0 bridgehead atoms. The minimum atomic E-state index is -0.0391. The fourth-order valence-corrected chi connectivity index (χ4v) is 5.26. The summed E-state index contributed by atoms with van der Waals surface area (Å²) in [6.45, 7) is 8.92. The molecule has 1 aliphatic rings. The van der Waals surface area contributed by atoms with Crippen molar-refractivity contribution in [3.63, 3.8) is 0 Å². The summed E-state index contributed by atoms with van der Waals surface area (Å²) >= 11 is 6.88. The van der Waals surface area contributed by atoms with Crippen LogP contribution >= 0.6 is 24.0 Å². The lowest BCUT2D eigenvalue weighted by Crippen LogP contribution is -2.36. The second-order valence-corrected chi connectivity index (χ2v) is 10.0. The molecule has 3 aromatic rings. The summed E-state index contributed by atoms with van der Waals surface area (Å²) < 4.78 is 8.27. The Hall–Kier alpha value is -2.90. The van der Waals surface area contributed by atoms with Gasteiger partial charge in [-0.2, -0.15) is 5.10 Å². The van der Waals surface area contributed by atoms with Gasteiger partial charge in [0.25, 0.3) is 5.91 Å². The fraction of sp³-hybridized carbons (Fsp3) is 0.296. The number of hydrogen-bond acceptors (Lipinski definition) is 5. The lowest BCUT2D eigenvalue weighted by atomic mass is 10.0. The van der Waals surface area contributed by atoms with Gasteiger partial charge in [0.15, 0.2) is 0 Å². The number of thiocarbonyl (C=S) groups is 1. The van der Waals surface area contributed by atoms with E-state index in [1.54, 1.807) is 4.90 Å². The molecule has 5 nitrogen and oxygen atoms in total. The Bertz CT molecular complexity index is 1230. The molecule has 4 rings (SSSR count). The molecule has 0 radical (unpaired) electrons. The van der Waals surface area contributed by atoms with Gasteiger partial charge in [0.1, 0.15) is 15.8 Å².